The van der Waals surface area contributed by atoms with Crippen molar-refractivity contribution in [3.8, 4) is 5.75 Å². The van der Waals surface area contributed by atoms with Crippen molar-refractivity contribution < 1.29 is 10.2 Å². The molecule has 5 heteroatoms. The molecule has 0 saturated carbocycles. The number of hydrogen-bond acceptors (Lipinski definition) is 4. The van der Waals surface area contributed by atoms with E-state index in [9.17, 15) is 10.2 Å². The average Bonchev–Trinajstić information content (AvgIpc) is 2.36. The van der Waals surface area contributed by atoms with Crippen LogP contribution in [0.2, 0.25) is 0 Å². The summed E-state index contributed by atoms with van der Waals surface area (Å²) in [7, 11) is 0. The van der Waals surface area contributed by atoms with Gasteiger partial charge < -0.3 is 15.5 Å². The molecule has 0 spiro atoms. The van der Waals surface area contributed by atoms with Gasteiger partial charge in [0, 0.05) is 30.7 Å². The van der Waals surface area contributed by atoms with Crippen molar-refractivity contribution in [2.75, 3.05) is 32.8 Å². The normalized spacial score (nSPS) is 19.2. The van der Waals surface area contributed by atoms with Crippen molar-refractivity contribution in [2.24, 2.45) is 0 Å². The molecule has 4 nitrogen and oxygen atoms in total. The van der Waals surface area contributed by atoms with Gasteiger partial charge in [-0.25, -0.2) is 0 Å². The van der Waals surface area contributed by atoms with E-state index in [0.717, 1.165) is 36.2 Å². The molecule has 1 saturated heterocycles. The third kappa shape index (κ3) is 2.98. The molecule has 1 aromatic rings. The summed E-state index contributed by atoms with van der Waals surface area (Å²) in [6.07, 6.45) is 0. The van der Waals surface area contributed by atoms with E-state index in [2.05, 4.69) is 26.1 Å². The minimum atomic E-state index is -0.0569. The van der Waals surface area contributed by atoms with Crippen LogP contribution < -0.4 is 5.32 Å². The lowest BCUT2D eigenvalue weighted by Gasteiger charge is -2.34. The molecule has 0 bridgehead atoms. The van der Waals surface area contributed by atoms with Gasteiger partial charge in [0.1, 0.15) is 5.75 Å². The summed E-state index contributed by atoms with van der Waals surface area (Å²) in [4.78, 5) is 2.23. The molecule has 3 N–H and O–H groups in total. The van der Waals surface area contributed by atoms with Crippen molar-refractivity contribution in [3.05, 3.63) is 28.2 Å². The number of phenols is 1. The fourth-order valence-corrected chi connectivity index (χ4v) is 2.70. The molecule has 1 fully saturated rings. The number of aromatic hydroxyl groups is 1. The van der Waals surface area contributed by atoms with E-state index in [4.69, 9.17) is 0 Å². The Morgan fingerprint density at radius 1 is 1.35 bits per heavy atom. The SMILES string of the molecule is OC[C@@H](c1cc(O)ccc1Br)N1CCNCC1. The Labute approximate surface area is 109 Å². The topological polar surface area (TPSA) is 55.7 Å². The van der Waals surface area contributed by atoms with Crippen LogP contribution in [0.15, 0.2) is 22.7 Å². The first-order chi connectivity index (χ1) is 8.22. The molecule has 17 heavy (non-hydrogen) atoms. The highest BCUT2D eigenvalue weighted by molar-refractivity contribution is 9.10. The first kappa shape index (κ1) is 12.8. The Kier molecular flexibility index (Phi) is 4.39. The van der Waals surface area contributed by atoms with Crippen molar-refractivity contribution in [2.45, 2.75) is 6.04 Å². The molecule has 0 radical (unpaired) electrons. The van der Waals surface area contributed by atoms with E-state index in [1.165, 1.54) is 0 Å². The molecule has 0 unspecified atom stereocenters. The number of phenolic OH excluding ortho intramolecular Hbond substituents is 1. The lowest BCUT2D eigenvalue weighted by atomic mass is 10.0. The van der Waals surface area contributed by atoms with Gasteiger partial charge in [0.05, 0.1) is 12.6 Å². The van der Waals surface area contributed by atoms with E-state index in [1.807, 2.05) is 6.07 Å². The Hall–Kier alpha value is -0.620. The number of aliphatic hydroxyl groups is 1. The monoisotopic (exact) mass is 300 g/mol. The highest BCUT2D eigenvalue weighted by Crippen LogP contribution is 2.30. The molecule has 0 aromatic heterocycles. The molecule has 1 aliphatic heterocycles. The van der Waals surface area contributed by atoms with Gasteiger partial charge in [-0.2, -0.15) is 0 Å². The van der Waals surface area contributed by atoms with Gasteiger partial charge in [-0.3, -0.25) is 4.90 Å². The molecule has 1 heterocycles. The molecule has 0 aliphatic carbocycles. The lowest BCUT2D eigenvalue weighted by Crippen LogP contribution is -2.46. The largest absolute Gasteiger partial charge is 0.508 e. The first-order valence-electron chi connectivity index (χ1n) is 5.76. The van der Waals surface area contributed by atoms with Crippen LogP contribution in [0.25, 0.3) is 0 Å². The van der Waals surface area contributed by atoms with E-state index in [-0.39, 0.29) is 18.4 Å². The number of benzene rings is 1. The van der Waals surface area contributed by atoms with Crippen LogP contribution >= 0.6 is 15.9 Å². The quantitative estimate of drug-likeness (QED) is 0.782. The molecule has 1 aliphatic rings. The second-order valence-corrected chi connectivity index (χ2v) is 5.04. The number of nitrogens with zero attached hydrogens (tertiary/aromatic N) is 1. The smallest absolute Gasteiger partial charge is 0.115 e. The van der Waals surface area contributed by atoms with E-state index >= 15 is 0 Å². The van der Waals surface area contributed by atoms with E-state index in [1.54, 1.807) is 12.1 Å². The summed E-state index contributed by atoms with van der Waals surface area (Å²) in [6.45, 7) is 3.75. The second kappa shape index (κ2) is 5.82. The van der Waals surface area contributed by atoms with E-state index < -0.39 is 0 Å². The summed E-state index contributed by atoms with van der Waals surface area (Å²) >= 11 is 3.47. The maximum Gasteiger partial charge on any atom is 0.115 e. The van der Waals surface area contributed by atoms with Crippen LogP contribution in [0.1, 0.15) is 11.6 Å². The third-order valence-electron chi connectivity index (χ3n) is 3.10. The van der Waals surface area contributed by atoms with Gasteiger partial charge in [0.25, 0.3) is 0 Å². The summed E-state index contributed by atoms with van der Waals surface area (Å²) < 4.78 is 0.924. The average molecular weight is 301 g/mol. The van der Waals surface area contributed by atoms with Crippen LogP contribution in [0, 0.1) is 0 Å². The molecule has 94 valence electrons. The maximum atomic E-state index is 9.58. The predicted octanol–water partition coefficient (Wildman–Crippen LogP) is 1.09. The lowest BCUT2D eigenvalue weighted by molar-refractivity contribution is 0.110. The fraction of sp³-hybridized carbons (Fsp3) is 0.500. The number of halogens is 1. The Balaban J connectivity index is 2.24. The van der Waals surface area contributed by atoms with E-state index in [0.29, 0.717) is 0 Å². The van der Waals surface area contributed by atoms with Crippen LogP contribution in [-0.4, -0.2) is 47.9 Å². The first-order valence-corrected chi connectivity index (χ1v) is 6.55. The van der Waals surface area contributed by atoms with Gasteiger partial charge in [0.2, 0.25) is 0 Å². The highest BCUT2D eigenvalue weighted by Gasteiger charge is 2.23. The third-order valence-corrected chi connectivity index (χ3v) is 3.83. The van der Waals surface area contributed by atoms with Crippen molar-refractivity contribution in [1.82, 2.24) is 10.2 Å². The van der Waals surface area contributed by atoms with Gasteiger partial charge in [-0.15, -0.1) is 0 Å². The van der Waals surface area contributed by atoms with Crippen molar-refractivity contribution in [3.63, 3.8) is 0 Å². The van der Waals surface area contributed by atoms with Crippen LogP contribution in [0.4, 0.5) is 0 Å². The number of rotatable bonds is 3. The summed E-state index contributed by atoms with van der Waals surface area (Å²) in [5.74, 6) is 0.233. The standard InChI is InChI=1S/C12H17BrN2O2/c13-11-2-1-9(17)7-10(11)12(8-16)15-5-3-14-4-6-15/h1-2,7,12,14,16-17H,3-6,8H2/t12-/m0/s1. The molecular weight excluding hydrogens is 284 g/mol. The zero-order chi connectivity index (χ0) is 12.3. The Bertz CT molecular complexity index is 381. The number of piperazine rings is 1. The van der Waals surface area contributed by atoms with Crippen LogP contribution in [0.3, 0.4) is 0 Å². The Morgan fingerprint density at radius 3 is 2.71 bits per heavy atom. The molecule has 1 atom stereocenters. The number of nitrogens with one attached hydrogen (secondary N) is 1. The minimum Gasteiger partial charge on any atom is -0.508 e. The second-order valence-electron chi connectivity index (χ2n) is 4.19. The summed E-state index contributed by atoms with van der Waals surface area (Å²) in [5, 5.41) is 22.4. The van der Waals surface area contributed by atoms with Gasteiger partial charge in [-0.1, -0.05) is 15.9 Å². The van der Waals surface area contributed by atoms with Crippen molar-refractivity contribution in [1.29, 1.82) is 0 Å². The zero-order valence-corrected chi connectivity index (χ0v) is 11.2. The maximum absolute atomic E-state index is 9.58. The fourth-order valence-electron chi connectivity index (χ4n) is 2.19. The molecule has 2 rings (SSSR count). The molecule has 1 aromatic carbocycles. The zero-order valence-electron chi connectivity index (χ0n) is 9.56. The van der Waals surface area contributed by atoms with Gasteiger partial charge in [-0.05, 0) is 23.8 Å². The summed E-state index contributed by atoms with van der Waals surface area (Å²) in [5.41, 5.74) is 0.939. The highest BCUT2D eigenvalue weighted by atomic mass is 79.9. The number of aliphatic hydroxyl groups excluding tert-OH is 1. The van der Waals surface area contributed by atoms with Crippen molar-refractivity contribution >= 4 is 15.9 Å². The van der Waals surface area contributed by atoms with Gasteiger partial charge in [0.15, 0.2) is 0 Å². The van der Waals surface area contributed by atoms with Crippen LogP contribution in [0.5, 0.6) is 5.75 Å². The minimum absolute atomic E-state index is 0.0569. The molecule has 0 amide bonds. The van der Waals surface area contributed by atoms with Gasteiger partial charge >= 0.3 is 0 Å². The molecular formula is C12H17BrN2O2. The Morgan fingerprint density at radius 2 is 2.06 bits per heavy atom. The summed E-state index contributed by atoms with van der Waals surface area (Å²) in [6, 6.07) is 5.11. The number of hydrogen-bond donors (Lipinski definition) is 3. The predicted molar refractivity (Wildman–Crippen MR) is 70.1 cm³/mol. The van der Waals surface area contributed by atoms with Crippen LogP contribution in [-0.2, 0) is 0 Å².